The molecule has 164 valence electrons. The van der Waals surface area contributed by atoms with Crippen molar-refractivity contribution in [2.45, 2.75) is 17.7 Å². The summed E-state index contributed by atoms with van der Waals surface area (Å²) in [6.45, 7) is 0. The highest BCUT2D eigenvalue weighted by Gasteiger charge is 2.17. The highest BCUT2D eigenvalue weighted by atomic mass is 32.2. The van der Waals surface area contributed by atoms with Crippen LogP contribution >= 0.6 is 35.3 Å². The lowest BCUT2D eigenvalue weighted by Gasteiger charge is -2.11. The van der Waals surface area contributed by atoms with Crippen molar-refractivity contribution in [1.29, 1.82) is 0 Å². The van der Waals surface area contributed by atoms with Gasteiger partial charge in [0.25, 0.3) is 0 Å². The third-order valence-electron chi connectivity index (χ3n) is 4.53. The van der Waals surface area contributed by atoms with Crippen LogP contribution in [0.25, 0.3) is 22.3 Å². The number of primary sulfonamides is 1. The summed E-state index contributed by atoms with van der Waals surface area (Å²) in [7, 11) is -2.27. The Morgan fingerprint density at radius 1 is 1.16 bits per heavy atom. The zero-order valence-electron chi connectivity index (χ0n) is 16.6. The molecule has 0 spiro atoms. The molecular weight excluding hydrogens is 476 g/mol. The Morgan fingerprint density at radius 3 is 2.35 bits per heavy atom. The molecule has 31 heavy (non-hydrogen) atoms. The quantitative estimate of drug-likeness (QED) is 0.268. The van der Waals surface area contributed by atoms with Crippen LogP contribution in [0, 0.1) is 5.82 Å². The first-order chi connectivity index (χ1) is 14.7. The summed E-state index contributed by atoms with van der Waals surface area (Å²) >= 11 is 8.10. The number of halogens is 1. The Bertz CT molecular complexity index is 1160. The van der Waals surface area contributed by atoms with Crippen LogP contribution < -0.4 is 5.14 Å². The molecule has 0 amide bonds. The molecule has 3 N–H and O–H groups in total. The number of benzene rings is 2. The Balaban J connectivity index is 1.91. The number of nitrogens with two attached hydrogens (primary N) is 1. The molecule has 5 nitrogen and oxygen atoms in total. The summed E-state index contributed by atoms with van der Waals surface area (Å²) in [5.74, 6) is 0.445. The maximum absolute atomic E-state index is 13.5. The minimum absolute atomic E-state index is 0.0527. The van der Waals surface area contributed by atoms with Gasteiger partial charge >= 0.3 is 0 Å². The minimum Gasteiger partial charge on any atom is -0.287 e. The highest BCUT2D eigenvalue weighted by Crippen LogP contribution is 2.40. The smallest absolute Gasteiger partial charge is 0.238 e. The molecule has 0 bridgehead atoms. The van der Waals surface area contributed by atoms with E-state index in [1.165, 1.54) is 43.1 Å². The van der Waals surface area contributed by atoms with Gasteiger partial charge in [0.2, 0.25) is 10.0 Å². The van der Waals surface area contributed by atoms with E-state index in [1.807, 2.05) is 5.38 Å². The van der Waals surface area contributed by atoms with E-state index in [4.69, 9.17) is 17.4 Å². The number of thiophene rings is 1. The van der Waals surface area contributed by atoms with Crippen LogP contribution in [0.1, 0.15) is 11.3 Å². The minimum atomic E-state index is -3.76. The Kier molecular flexibility index (Phi) is 7.84. The van der Waals surface area contributed by atoms with Crippen molar-refractivity contribution >= 4 is 49.7 Å². The summed E-state index contributed by atoms with van der Waals surface area (Å²) in [4.78, 5) is 1.19. The number of hydrogen-bond acceptors (Lipinski definition) is 6. The zero-order chi connectivity index (χ0) is 22.6. The fraction of sp³-hybridized carbons (Fsp3) is 0.190. The van der Waals surface area contributed by atoms with Gasteiger partial charge < -0.3 is 0 Å². The van der Waals surface area contributed by atoms with Crippen LogP contribution in [0.3, 0.4) is 0 Å². The van der Waals surface area contributed by atoms with Gasteiger partial charge in [-0.15, -0.1) is 11.3 Å². The normalized spacial score (nSPS) is 11.5. The van der Waals surface area contributed by atoms with E-state index < -0.39 is 10.0 Å². The molecule has 0 aliphatic rings. The van der Waals surface area contributed by atoms with E-state index in [0.29, 0.717) is 4.32 Å². The molecule has 0 radical (unpaired) electrons. The molecule has 1 aromatic heterocycles. The summed E-state index contributed by atoms with van der Waals surface area (Å²) < 4.78 is 37.0. The van der Waals surface area contributed by atoms with Gasteiger partial charge in [-0.25, -0.2) is 23.0 Å². The molecule has 0 saturated heterocycles. The van der Waals surface area contributed by atoms with Gasteiger partial charge in [0.05, 0.1) is 4.90 Å². The predicted molar refractivity (Wildman–Crippen MR) is 129 cm³/mol. The summed E-state index contributed by atoms with van der Waals surface area (Å²) in [6.07, 6.45) is 1.63. The van der Waals surface area contributed by atoms with Crippen molar-refractivity contribution in [2.24, 2.45) is 5.14 Å². The van der Waals surface area contributed by atoms with Crippen LogP contribution in [0.15, 0.2) is 58.8 Å². The molecule has 1 heterocycles. The lowest BCUT2D eigenvalue weighted by atomic mass is 9.96. The van der Waals surface area contributed by atoms with Crippen molar-refractivity contribution < 1.29 is 18.0 Å². The molecule has 3 aromatic rings. The summed E-state index contributed by atoms with van der Waals surface area (Å²) in [5.41, 5.74) is 3.69. The van der Waals surface area contributed by atoms with Crippen molar-refractivity contribution in [1.82, 2.24) is 5.06 Å². The third-order valence-corrected chi connectivity index (χ3v) is 8.13. The maximum Gasteiger partial charge on any atom is 0.238 e. The van der Waals surface area contributed by atoms with E-state index >= 15 is 0 Å². The predicted octanol–water partition coefficient (Wildman–Crippen LogP) is 5.14. The first-order valence-electron chi connectivity index (χ1n) is 9.25. The van der Waals surface area contributed by atoms with E-state index in [-0.39, 0.29) is 10.7 Å². The van der Waals surface area contributed by atoms with Gasteiger partial charge in [-0.05, 0) is 53.6 Å². The van der Waals surface area contributed by atoms with Gasteiger partial charge in [0.1, 0.15) is 5.82 Å². The van der Waals surface area contributed by atoms with E-state index in [1.54, 1.807) is 35.6 Å². The number of nitrogens with zero attached hydrogens (tertiary/aromatic N) is 1. The van der Waals surface area contributed by atoms with E-state index in [2.05, 4.69) is 0 Å². The summed E-state index contributed by atoms with van der Waals surface area (Å²) in [6, 6.07) is 12.8. The molecule has 10 heteroatoms. The maximum atomic E-state index is 13.5. The first-order valence-corrected chi connectivity index (χ1v) is 13.1. The van der Waals surface area contributed by atoms with Crippen molar-refractivity contribution in [3.63, 3.8) is 0 Å². The number of thioether (sulfide) groups is 1. The number of rotatable bonds is 7. The second-order valence-electron chi connectivity index (χ2n) is 6.77. The van der Waals surface area contributed by atoms with Gasteiger partial charge in [0, 0.05) is 28.8 Å². The Hall–Kier alpha value is -1.82. The zero-order valence-corrected chi connectivity index (χ0v) is 19.9. The third kappa shape index (κ3) is 6.12. The number of hydrogen-bond donors (Lipinski definition) is 2. The summed E-state index contributed by atoms with van der Waals surface area (Å²) in [5, 5.41) is 17.5. The molecule has 0 atom stereocenters. The van der Waals surface area contributed by atoms with Crippen LogP contribution in [0.4, 0.5) is 4.39 Å². The monoisotopic (exact) mass is 496 g/mol. The molecule has 2 aromatic carbocycles. The number of sulfonamides is 1. The highest BCUT2D eigenvalue weighted by molar-refractivity contribution is 8.22. The second-order valence-corrected chi connectivity index (χ2v) is 11.0. The molecule has 0 saturated carbocycles. The molecule has 3 rings (SSSR count). The number of aryl methyl sites for hydroxylation is 1. The van der Waals surface area contributed by atoms with Crippen LogP contribution in [-0.2, 0) is 16.4 Å². The second kappa shape index (κ2) is 10.2. The number of hydroxylamine groups is 2. The first kappa shape index (κ1) is 23.8. The molecule has 0 fully saturated rings. The van der Waals surface area contributed by atoms with Crippen molar-refractivity contribution in [3.8, 4) is 22.3 Å². The van der Waals surface area contributed by atoms with E-state index in [0.717, 1.165) is 50.8 Å². The number of thiocarbonyl (C=S) groups is 1. The van der Waals surface area contributed by atoms with Gasteiger partial charge in [-0.3, -0.25) is 5.21 Å². The Labute approximate surface area is 194 Å². The van der Waals surface area contributed by atoms with Crippen molar-refractivity contribution in [2.75, 3.05) is 12.8 Å². The topological polar surface area (TPSA) is 83.6 Å². The van der Waals surface area contributed by atoms with Gasteiger partial charge in [-0.2, -0.15) is 0 Å². The van der Waals surface area contributed by atoms with E-state index in [9.17, 15) is 18.0 Å². The lowest BCUT2D eigenvalue weighted by molar-refractivity contribution is 0.0205. The van der Waals surface area contributed by atoms with Crippen LogP contribution in [-0.4, -0.2) is 35.8 Å². The van der Waals surface area contributed by atoms with Gasteiger partial charge in [-0.1, -0.05) is 48.2 Å². The van der Waals surface area contributed by atoms with Gasteiger partial charge in [0.15, 0.2) is 4.32 Å². The molecule has 0 unspecified atom stereocenters. The fourth-order valence-corrected chi connectivity index (χ4v) is 5.57. The standard InChI is InChI=1S/C21H21FN2O3S4/c1-24(25)21(28)29-12-2-3-19-20(15-4-8-16(22)9-5-15)18(13-30-19)14-6-10-17(11-7-14)31(23,26)27/h4-11,13,25H,2-3,12H2,1H3,(H2,23,26,27). The molecule has 0 aliphatic heterocycles. The van der Waals surface area contributed by atoms with Crippen molar-refractivity contribution in [3.05, 3.63) is 64.6 Å². The SMILES string of the molecule is CN(O)C(=S)SCCCc1scc(-c2ccc(S(N)(=O)=O)cc2)c1-c1ccc(F)cc1. The average molecular weight is 497 g/mol. The average Bonchev–Trinajstić information content (AvgIpc) is 3.15. The largest absolute Gasteiger partial charge is 0.287 e. The lowest BCUT2D eigenvalue weighted by Crippen LogP contribution is -2.17. The fourth-order valence-electron chi connectivity index (χ4n) is 3.04. The Morgan fingerprint density at radius 2 is 1.77 bits per heavy atom. The molecular formula is C21H21FN2O3S4. The van der Waals surface area contributed by atoms with Crippen LogP contribution in [0.2, 0.25) is 0 Å². The van der Waals surface area contributed by atoms with Crippen LogP contribution in [0.5, 0.6) is 0 Å². The molecule has 0 aliphatic carbocycles.